The quantitative estimate of drug-likeness (QED) is 0.885. The van der Waals surface area contributed by atoms with Crippen LogP contribution < -0.4 is 15.0 Å². The number of methoxy groups -OCH3 is 1. The molecule has 24 heavy (non-hydrogen) atoms. The zero-order valence-corrected chi connectivity index (χ0v) is 13.6. The first-order chi connectivity index (χ1) is 11.5. The SMILES string of the molecule is COc1cccc(NC(=O)CCN(C(C)=O)c2ccccc2F)c1. The maximum absolute atomic E-state index is 13.8. The molecule has 0 aromatic heterocycles. The van der Waals surface area contributed by atoms with Crippen LogP contribution >= 0.6 is 0 Å². The standard InChI is InChI=1S/C18H19FN2O3/c1-13(22)21(17-9-4-3-8-16(17)19)11-10-18(23)20-14-6-5-7-15(12-14)24-2/h3-9,12H,10-11H2,1-2H3,(H,20,23). The summed E-state index contributed by atoms with van der Waals surface area (Å²) >= 11 is 0. The molecule has 1 N–H and O–H groups in total. The van der Waals surface area contributed by atoms with Crippen LogP contribution in [0.3, 0.4) is 0 Å². The second-order valence-electron chi connectivity index (χ2n) is 5.15. The lowest BCUT2D eigenvalue weighted by Crippen LogP contribution is -2.32. The number of rotatable bonds is 6. The number of ether oxygens (including phenoxy) is 1. The Balaban J connectivity index is 2.00. The number of hydrogen-bond donors (Lipinski definition) is 1. The predicted molar refractivity (Wildman–Crippen MR) is 90.7 cm³/mol. The van der Waals surface area contributed by atoms with E-state index in [0.717, 1.165) is 0 Å². The van der Waals surface area contributed by atoms with Crippen molar-refractivity contribution in [3.63, 3.8) is 0 Å². The van der Waals surface area contributed by atoms with Gasteiger partial charge >= 0.3 is 0 Å². The van der Waals surface area contributed by atoms with E-state index in [1.54, 1.807) is 43.5 Å². The minimum absolute atomic E-state index is 0.0468. The highest BCUT2D eigenvalue weighted by Gasteiger charge is 2.16. The second-order valence-corrected chi connectivity index (χ2v) is 5.15. The average molecular weight is 330 g/mol. The molecule has 0 aliphatic carbocycles. The van der Waals surface area contributed by atoms with Crippen molar-refractivity contribution in [3.8, 4) is 5.75 Å². The third-order valence-corrected chi connectivity index (χ3v) is 3.44. The molecule has 0 heterocycles. The third-order valence-electron chi connectivity index (χ3n) is 3.44. The summed E-state index contributed by atoms with van der Waals surface area (Å²) in [6.45, 7) is 1.43. The van der Waals surface area contributed by atoms with Crippen LogP contribution in [0.2, 0.25) is 0 Å². The molecule has 2 amide bonds. The molecule has 6 heteroatoms. The van der Waals surface area contributed by atoms with E-state index in [2.05, 4.69) is 5.32 Å². The van der Waals surface area contributed by atoms with E-state index in [-0.39, 0.29) is 30.5 Å². The van der Waals surface area contributed by atoms with Gasteiger partial charge in [0.1, 0.15) is 11.6 Å². The highest BCUT2D eigenvalue weighted by Crippen LogP contribution is 2.20. The van der Waals surface area contributed by atoms with Gasteiger partial charge in [-0.2, -0.15) is 0 Å². The zero-order chi connectivity index (χ0) is 17.5. The van der Waals surface area contributed by atoms with Crippen molar-refractivity contribution in [2.75, 3.05) is 23.9 Å². The van der Waals surface area contributed by atoms with Gasteiger partial charge in [-0.1, -0.05) is 18.2 Å². The van der Waals surface area contributed by atoms with E-state index in [0.29, 0.717) is 11.4 Å². The number of hydrogen-bond acceptors (Lipinski definition) is 3. The van der Waals surface area contributed by atoms with Gasteiger partial charge in [0, 0.05) is 31.6 Å². The summed E-state index contributed by atoms with van der Waals surface area (Å²) in [6, 6.07) is 12.9. The molecule has 0 saturated heterocycles. The molecule has 126 valence electrons. The van der Waals surface area contributed by atoms with Crippen molar-refractivity contribution in [1.29, 1.82) is 0 Å². The van der Waals surface area contributed by atoms with E-state index in [1.807, 2.05) is 0 Å². The van der Waals surface area contributed by atoms with Gasteiger partial charge in [-0.05, 0) is 24.3 Å². The van der Waals surface area contributed by atoms with Crippen LogP contribution in [-0.4, -0.2) is 25.5 Å². The summed E-state index contributed by atoms with van der Waals surface area (Å²) in [5, 5.41) is 2.73. The van der Waals surface area contributed by atoms with E-state index in [9.17, 15) is 14.0 Å². The summed E-state index contributed by atoms with van der Waals surface area (Å²) in [4.78, 5) is 25.1. The summed E-state index contributed by atoms with van der Waals surface area (Å²) in [5.41, 5.74) is 0.763. The van der Waals surface area contributed by atoms with Crippen LogP contribution in [0.1, 0.15) is 13.3 Å². The highest BCUT2D eigenvalue weighted by atomic mass is 19.1. The number of benzene rings is 2. The Morgan fingerprint density at radius 1 is 1.17 bits per heavy atom. The molecule has 2 rings (SSSR count). The van der Waals surface area contributed by atoms with Crippen molar-refractivity contribution >= 4 is 23.2 Å². The van der Waals surface area contributed by atoms with Crippen molar-refractivity contribution in [1.82, 2.24) is 0 Å². The van der Waals surface area contributed by atoms with E-state index in [4.69, 9.17) is 4.74 Å². The summed E-state index contributed by atoms with van der Waals surface area (Å²) < 4.78 is 18.9. The van der Waals surface area contributed by atoms with Crippen molar-refractivity contribution in [2.24, 2.45) is 0 Å². The average Bonchev–Trinajstić information content (AvgIpc) is 2.56. The summed E-state index contributed by atoms with van der Waals surface area (Å²) in [5.74, 6) is -0.467. The van der Waals surface area contributed by atoms with Gasteiger partial charge in [0.2, 0.25) is 11.8 Å². The zero-order valence-electron chi connectivity index (χ0n) is 13.6. The topological polar surface area (TPSA) is 58.6 Å². The highest BCUT2D eigenvalue weighted by molar-refractivity contribution is 5.94. The third kappa shape index (κ3) is 4.55. The number of amides is 2. The number of nitrogens with one attached hydrogen (secondary N) is 1. The Labute approximate surface area is 140 Å². The molecule has 0 spiro atoms. The summed E-state index contributed by atoms with van der Waals surface area (Å²) in [7, 11) is 1.54. The number of carbonyl (C=O) groups excluding carboxylic acids is 2. The van der Waals surface area contributed by atoms with Crippen LogP contribution in [0.5, 0.6) is 5.75 Å². The number of anilines is 2. The van der Waals surface area contributed by atoms with Crippen molar-refractivity contribution in [2.45, 2.75) is 13.3 Å². The first-order valence-corrected chi connectivity index (χ1v) is 7.48. The lowest BCUT2D eigenvalue weighted by molar-refractivity contribution is -0.117. The first-order valence-electron chi connectivity index (χ1n) is 7.48. The van der Waals surface area contributed by atoms with Crippen molar-refractivity contribution in [3.05, 3.63) is 54.3 Å². The molecule has 0 bridgehead atoms. The fourth-order valence-corrected chi connectivity index (χ4v) is 2.26. The van der Waals surface area contributed by atoms with Crippen LogP contribution in [0.25, 0.3) is 0 Å². The molecule has 0 saturated carbocycles. The molecular formula is C18H19FN2O3. The number of para-hydroxylation sites is 1. The largest absolute Gasteiger partial charge is 0.497 e. The van der Waals surface area contributed by atoms with Gasteiger partial charge in [0.25, 0.3) is 0 Å². The van der Waals surface area contributed by atoms with Crippen LogP contribution in [0, 0.1) is 5.82 Å². The molecule has 5 nitrogen and oxygen atoms in total. The number of halogens is 1. The smallest absolute Gasteiger partial charge is 0.226 e. The molecular weight excluding hydrogens is 311 g/mol. The van der Waals surface area contributed by atoms with Crippen LogP contribution in [0.15, 0.2) is 48.5 Å². The van der Waals surface area contributed by atoms with Crippen molar-refractivity contribution < 1.29 is 18.7 Å². The van der Waals surface area contributed by atoms with E-state index < -0.39 is 5.82 Å². The van der Waals surface area contributed by atoms with E-state index >= 15 is 0 Å². The Morgan fingerprint density at radius 2 is 1.92 bits per heavy atom. The Kier molecular flexibility index (Phi) is 5.89. The maximum atomic E-state index is 13.8. The van der Waals surface area contributed by atoms with Gasteiger partial charge in [-0.25, -0.2) is 4.39 Å². The molecule has 0 atom stereocenters. The molecule has 0 aliphatic rings. The number of nitrogens with zero attached hydrogens (tertiary/aromatic N) is 1. The normalized spacial score (nSPS) is 10.1. The molecule has 2 aromatic carbocycles. The first kappa shape index (κ1) is 17.5. The molecule has 0 radical (unpaired) electrons. The molecule has 2 aromatic rings. The minimum atomic E-state index is -0.499. The molecule has 0 unspecified atom stereocenters. The minimum Gasteiger partial charge on any atom is -0.497 e. The fraction of sp³-hybridized carbons (Fsp3) is 0.222. The lowest BCUT2D eigenvalue weighted by atomic mass is 10.2. The van der Waals surface area contributed by atoms with Gasteiger partial charge in [-0.3, -0.25) is 9.59 Å². The monoisotopic (exact) mass is 330 g/mol. The Morgan fingerprint density at radius 3 is 2.58 bits per heavy atom. The predicted octanol–water partition coefficient (Wildman–Crippen LogP) is 3.22. The fourth-order valence-electron chi connectivity index (χ4n) is 2.26. The van der Waals surface area contributed by atoms with Gasteiger partial charge in [0.05, 0.1) is 12.8 Å². The lowest BCUT2D eigenvalue weighted by Gasteiger charge is -2.21. The molecule has 0 aliphatic heterocycles. The molecule has 0 fully saturated rings. The Bertz CT molecular complexity index is 734. The summed E-state index contributed by atoms with van der Waals surface area (Å²) in [6.07, 6.45) is 0.0468. The van der Waals surface area contributed by atoms with Gasteiger partial charge in [0.15, 0.2) is 0 Å². The number of carbonyl (C=O) groups is 2. The van der Waals surface area contributed by atoms with Gasteiger partial charge < -0.3 is 15.0 Å². The van der Waals surface area contributed by atoms with Crippen LogP contribution in [-0.2, 0) is 9.59 Å². The van der Waals surface area contributed by atoms with E-state index in [1.165, 1.54) is 24.0 Å². The van der Waals surface area contributed by atoms with Gasteiger partial charge in [-0.15, -0.1) is 0 Å². The second kappa shape index (κ2) is 8.10. The van der Waals surface area contributed by atoms with Crippen LogP contribution in [0.4, 0.5) is 15.8 Å². The Hall–Kier alpha value is -2.89. The maximum Gasteiger partial charge on any atom is 0.226 e.